The van der Waals surface area contributed by atoms with Crippen molar-refractivity contribution in [2.75, 3.05) is 31.1 Å². The largest absolute Gasteiger partial charge is 0.491 e. The van der Waals surface area contributed by atoms with Crippen molar-refractivity contribution in [3.05, 3.63) is 18.0 Å². The van der Waals surface area contributed by atoms with E-state index in [2.05, 4.69) is 10.3 Å². The number of primary amides is 1. The van der Waals surface area contributed by atoms with Crippen molar-refractivity contribution < 1.29 is 40.7 Å². The molecule has 33 heavy (non-hydrogen) atoms. The van der Waals surface area contributed by atoms with Crippen LogP contribution >= 0.6 is 0 Å². The average Bonchev–Trinajstić information content (AvgIpc) is 3.57. The second-order valence-corrected chi connectivity index (χ2v) is 8.44. The number of pyridine rings is 1. The van der Waals surface area contributed by atoms with Gasteiger partial charge in [0.15, 0.2) is 11.4 Å². The van der Waals surface area contributed by atoms with Crippen LogP contribution in [0.4, 0.5) is 32.0 Å². The number of hydrogen-bond donors (Lipinski definition) is 2. The van der Waals surface area contributed by atoms with E-state index in [1.165, 1.54) is 0 Å². The van der Waals surface area contributed by atoms with Gasteiger partial charge in [0.25, 0.3) is 5.91 Å². The molecular formula is C20H24F6N4O3. The Labute approximate surface area is 185 Å². The lowest BCUT2D eigenvalue weighted by Gasteiger charge is -2.27. The number of alkyl halides is 6. The highest BCUT2D eigenvalue weighted by molar-refractivity contribution is 5.95. The molecule has 2 aliphatic rings. The maximum atomic E-state index is 12.9. The number of rotatable bonds is 11. The number of hydrogen-bond acceptors (Lipinski definition) is 5. The number of anilines is 1. The van der Waals surface area contributed by atoms with Crippen molar-refractivity contribution in [3.63, 3.8) is 0 Å². The van der Waals surface area contributed by atoms with E-state index in [1.807, 2.05) is 0 Å². The van der Waals surface area contributed by atoms with Gasteiger partial charge in [-0.2, -0.15) is 26.3 Å². The van der Waals surface area contributed by atoms with Crippen molar-refractivity contribution >= 4 is 17.5 Å². The average molecular weight is 482 g/mol. The first-order valence-electron chi connectivity index (χ1n) is 10.4. The highest BCUT2D eigenvalue weighted by Gasteiger charge is 2.38. The highest BCUT2D eigenvalue weighted by Crippen LogP contribution is 2.37. The molecule has 2 amide bonds. The van der Waals surface area contributed by atoms with E-state index in [-0.39, 0.29) is 41.3 Å². The van der Waals surface area contributed by atoms with Crippen molar-refractivity contribution in [1.82, 2.24) is 10.3 Å². The van der Waals surface area contributed by atoms with Crippen LogP contribution in [0.5, 0.6) is 5.75 Å². The smallest absolute Gasteiger partial charge is 0.405 e. The van der Waals surface area contributed by atoms with Gasteiger partial charge in [-0.05, 0) is 37.5 Å². The Morgan fingerprint density at radius 1 is 1.12 bits per heavy atom. The van der Waals surface area contributed by atoms with Crippen molar-refractivity contribution in [1.29, 1.82) is 0 Å². The number of nitrogens with two attached hydrogens (primary N) is 1. The molecule has 1 aromatic rings. The maximum Gasteiger partial charge on any atom is 0.405 e. The Morgan fingerprint density at radius 2 is 1.73 bits per heavy atom. The van der Waals surface area contributed by atoms with Crippen LogP contribution in [-0.4, -0.2) is 55.4 Å². The summed E-state index contributed by atoms with van der Waals surface area (Å²) in [5.74, 6) is -1.87. The number of halogens is 6. The van der Waals surface area contributed by atoms with Crippen LogP contribution in [0.1, 0.15) is 36.2 Å². The molecular weight excluding hydrogens is 458 g/mol. The summed E-state index contributed by atoms with van der Waals surface area (Å²) in [7, 11) is 0. The first kappa shape index (κ1) is 24.9. The summed E-state index contributed by atoms with van der Waals surface area (Å²) >= 11 is 0. The van der Waals surface area contributed by atoms with Crippen LogP contribution in [0, 0.1) is 17.8 Å². The molecule has 7 nitrogen and oxygen atoms in total. The molecule has 0 aliphatic heterocycles. The van der Waals surface area contributed by atoms with Gasteiger partial charge in [0, 0.05) is 12.6 Å². The highest BCUT2D eigenvalue weighted by atomic mass is 19.4. The Kier molecular flexibility index (Phi) is 7.27. The third-order valence-electron chi connectivity index (χ3n) is 5.37. The molecule has 0 unspecified atom stereocenters. The molecule has 0 spiro atoms. The van der Waals surface area contributed by atoms with Gasteiger partial charge in [0.1, 0.15) is 13.1 Å². The number of nitrogens with zero attached hydrogens (tertiary/aromatic N) is 2. The molecule has 3 rings (SSSR count). The third kappa shape index (κ3) is 7.97. The molecule has 1 aromatic heterocycles. The summed E-state index contributed by atoms with van der Waals surface area (Å²) in [4.78, 5) is 28.1. The number of nitrogens with one attached hydrogen (secondary N) is 1. The summed E-state index contributed by atoms with van der Waals surface area (Å²) in [6.45, 7) is -3.62. The lowest BCUT2D eigenvalue weighted by atomic mass is 10.0. The number of carbonyl (C=O) groups is 2. The summed E-state index contributed by atoms with van der Waals surface area (Å²) in [5, 5.41) is 2.51. The lowest BCUT2D eigenvalue weighted by Crippen LogP contribution is -2.41. The van der Waals surface area contributed by atoms with E-state index in [1.54, 1.807) is 0 Å². The van der Waals surface area contributed by atoms with E-state index >= 15 is 0 Å². The number of carbonyl (C=O) groups excluding carboxylic acids is 2. The van der Waals surface area contributed by atoms with Crippen LogP contribution in [-0.2, 0) is 4.79 Å². The van der Waals surface area contributed by atoms with E-state index in [0.717, 1.165) is 37.9 Å². The number of aromatic nitrogens is 1. The van der Waals surface area contributed by atoms with Gasteiger partial charge in [-0.3, -0.25) is 9.59 Å². The first-order chi connectivity index (χ1) is 15.3. The standard InChI is InChI=1S/C20H24F6N4O3/c21-19(22,23)9-30(10-20(24,25)26)13-5-15(33-8-11-1-2-11)16(28-6-13)18(32)29-7-14(17(27)31)12-3-4-12/h5-6,11-12,14H,1-4,7-10H2,(H2,27,31)(H,29,32)/t14-/m1/s1. The van der Waals surface area contributed by atoms with Gasteiger partial charge in [-0.25, -0.2) is 4.98 Å². The van der Waals surface area contributed by atoms with Gasteiger partial charge in [-0.1, -0.05) is 0 Å². The molecule has 1 heterocycles. The second-order valence-electron chi connectivity index (χ2n) is 8.44. The van der Waals surface area contributed by atoms with Crippen LogP contribution in [0.15, 0.2) is 12.3 Å². The van der Waals surface area contributed by atoms with Gasteiger partial charge >= 0.3 is 12.4 Å². The van der Waals surface area contributed by atoms with Gasteiger partial charge in [-0.15, -0.1) is 0 Å². The van der Waals surface area contributed by atoms with E-state index in [9.17, 15) is 35.9 Å². The summed E-state index contributed by atoms with van der Waals surface area (Å²) in [6, 6.07) is 0.953. The predicted molar refractivity (Wildman–Crippen MR) is 105 cm³/mol. The zero-order valence-electron chi connectivity index (χ0n) is 17.5. The fourth-order valence-electron chi connectivity index (χ4n) is 3.34. The Bertz CT molecular complexity index is 852. The fraction of sp³-hybridized carbons (Fsp3) is 0.650. The monoisotopic (exact) mass is 482 g/mol. The normalized spacial score (nSPS) is 17.4. The first-order valence-corrected chi connectivity index (χ1v) is 10.4. The molecule has 0 bridgehead atoms. The zero-order chi connectivity index (χ0) is 24.4. The topological polar surface area (TPSA) is 97.5 Å². The number of ether oxygens (including phenoxy) is 1. The van der Waals surface area contributed by atoms with Crippen molar-refractivity contribution in [2.24, 2.45) is 23.5 Å². The number of amides is 2. The molecule has 13 heteroatoms. The minimum absolute atomic E-state index is 0.0569. The SMILES string of the molecule is NC(=O)[C@H](CNC(=O)c1ncc(N(CC(F)(F)F)CC(F)(F)F)cc1OCC1CC1)C1CC1. The van der Waals surface area contributed by atoms with Crippen LogP contribution in [0.2, 0.25) is 0 Å². The molecule has 3 N–H and O–H groups in total. The molecule has 2 saturated carbocycles. The van der Waals surface area contributed by atoms with Crippen LogP contribution < -0.4 is 20.7 Å². The Morgan fingerprint density at radius 3 is 2.21 bits per heavy atom. The summed E-state index contributed by atoms with van der Waals surface area (Å²) in [6.07, 6.45) is -5.69. The molecule has 0 saturated heterocycles. The quantitative estimate of drug-likeness (QED) is 0.473. The van der Waals surface area contributed by atoms with Crippen LogP contribution in [0.25, 0.3) is 0 Å². The van der Waals surface area contributed by atoms with E-state index in [0.29, 0.717) is 0 Å². The van der Waals surface area contributed by atoms with Gasteiger partial charge in [0.05, 0.1) is 24.4 Å². The van der Waals surface area contributed by atoms with Gasteiger partial charge in [0.2, 0.25) is 5.91 Å². The van der Waals surface area contributed by atoms with Crippen molar-refractivity contribution in [3.8, 4) is 5.75 Å². The second kappa shape index (κ2) is 9.64. The lowest BCUT2D eigenvalue weighted by molar-refractivity contribution is -0.137. The van der Waals surface area contributed by atoms with Gasteiger partial charge < -0.3 is 20.7 Å². The van der Waals surface area contributed by atoms with E-state index < -0.39 is 48.9 Å². The molecule has 2 fully saturated rings. The molecule has 0 aromatic carbocycles. The fourth-order valence-corrected chi connectivity index (χ4v) is 3.34. The predicted octanol–water partition coefficient (Wildman–Crippen LogP) is 3.04. The van der Waals surface area contributed by atoms with Crippen LogP contribution in [0.3, 0.4) is 0 Å². The van der Waals surface area contributed by atoms with Crippen molar-refractivity contribution in [2.45, 2.75) is 38.0 Å². The zero-order valence-corrected chi connectivity index (χ0v) is 17.5. The molecule has 184 valence electrons. The minimum atomic E-state index is -4.90. The Hall–Kier alpha value is -2.73. The van der Waals surface area contributed by atoms with E-state index in [4.69, 9.17) is 10.5 Å². The summed E-state index contributed by atoms with van der Waals surface area (Å²) in [5.41, 5.74) is 4.57. The molecule has 1 atom stereocenters. The molecule has 2 aliphatic carbocycles. The Balaban J connectivity index is 1.81. The summed E-state index contributed by atoms with van der Waals surface area (Å²) < 4.78 is 82.9. The third-order valence-corrected chi connectivity index (χ3v) is 5.37. The molecule has 0 radical (unpaired) electrons. The minimum Gasteiger partial charge on any atom is -0.491 e. The maximum absolute atomic E-state index is 12.9.